The van der Waals surface area contributed by atoms with Gasteiger partial charge in [0, 0.05) is 22.1 Å². The first-order valence-corrected chi connectivity index (χ1v) is 12.8. The van der Waals surface area contributed by atoms with Crippen LogP contribution in [0.2, 0.25) is 0 Å². The number of nitrogens with two attached hydrogens (primary N) is 1. The van der Waals surface area contributed by atoms with Crippen LogP contribution in [0.25, 0.3) is 0 Å². The van der Waals surface area contributed by atoms with Gasteiger partial charge in [0.2, 0.25) is 0 Å². The molecule has 1 aromatic heterocycles. The number of rotatable bonds is 5. The predicted octanol–water partition coefficient (Wildman–Crippen LogP) is 4.63. The number of anilines is 1. The SMILES string of the molecule is COC(=O)C1=C(N)N(c2cccc(F)c2)C2=C(C(=O)[C@H](C(=O)OC)[C@H](c3ccccc3)C2)[C@@H]1c1cccs1. The van der Waals surface area contributed by atoms with Gasteiger partial charge in [-0.2, -0.15) is 0 Å². The number of esters is 2. The second kappa shape index (κ2) is 10.3. The monoisotopic (exact) mass is 532 g/mol. The maximum atomic E-state index is 14.4. The summed E-state index contributed by atoms with van der Waals surface area (Å²) in [6, 6.07) is 18.6. The van der Waals surface area contributed by atoms with Gasteiger partial charge in [0.1, 0.15) is 17.6 Å². The van der Waals surface area contributed by atoms with E-state index in [2.05, 4.69) is 0 Å². The third kappa shape index (κ3) is 4.18. The molecule has 0 bridgehead atoms. The molecule has 5 rings (SSSR count). The minimum absolute atomic E-state index is 0.0377. The molecule has 2 aliphatic rings. The number of ketones is 1. The Morgan fingerprint density at radius 3 is 2.42 bits per heavy atom. The number of carbonyl (C=O) groups is 3. The van der Waals surface area contributed by atoms with Crippen molar-refractivity contribution in [3.8, 4) is 0 Å². The Hall–Kier alpha value is -4.24. The first-order chi connectivity index (χ1) is 18.4. The molecule has 2 aromatic carbocycles. The van der Waals surface area contributed by atoms with Crippen LogP contribution in [0.1, 0.15) is 28.7 Å². The standard InChI is InChI=1S/C29H25FN2O5S/c1-36-28(34)22-19(16-8-4-3-5-9-16)15-20-23(26(22)33)24(21-12-7-13-38-21)25(29(35)37-2)27(31)32(20)18-11-6-10-17(30)14-18/h3-14,19,22,24H,15,31H2,1-2H3/t19-,22+,24-/m0/s1. The fraction of sp³-hybridized carbons (Fsp3) is 0.207. The Morgan fingerprint density at radius 1 is 1.03 bits per heavy atom. The topological polar surface area (TPSA) is 98.9 Å². The molecule has 2 N–H and O–H groups in total. The lowest BCUT2D eigenvalue weighted by Crippen LogP contribution is -2.46. The molecule has 0 unspecified atom stereocenters. The summed E-state index contributed by atoms with van der Waals surface area (Å²) >= 11 is 1.35. The van der Waals surface area contributed by atoms with E-state index in [-0.39, 0.29) is 23.4 Å². The maximum Gasteiger partial charge on any atom is 0.338 e. The van der Waals surface area contributed by atoms with Crippen LogP contribution < -0.4 is 10.6 Å². The average Bonchev–Trinajstić information content (AvgIpc) is 3.46. The van der Waals surface area contributed by atoms with E-state index in [1.54, 1.807) is 12.1 Å². The van der Waals surface area contributed by atoms with Crippen molar-refractivity contribution in [1.29, 1.82) is 0 Å². The molecular weight excluding hydrogens is 507 g/mol. The number of hydrogen-bond acceptors (Lipinski definition) is 8. The van der Waals surface area contributed by atoms with Gasteiger partial charge in [-0.05, 0) is 41.6 Å². The zero-order chi connectivity index (χ0) is 27.0. The molecule has 3 aromatic rings. The van der Waals surface area contributed by atoms with E-state index in [1.165, 1.54) is 48.7 Å². The Bertz CT molecular complexity index is 1470. The van der Waals surface area contributed by atoms with Gasteiger partial charge >= 0.3 is 11.9 Å². The number of methoxy groups -OCH3 is 2. The summed E-state index contributed by atoms with van der Waals surface area (Å²) in [6.07, 6.45) is 0.221. The van der Waals surface area contributed by atoms with E-state index in [0.717, 1.165) is 5.56 Å². The molecule has 0 radical (unpaired) electrons. The van der Waals surface area contributed by atoms with E-state index in [0.29, 0.717) is 16.3 Å². The van der Waals surface area contributed by atoms with Gasteiger partial charge in [-0.15, -0.1) is 11.3 Å². The molecule has 2 heterocycles. The number of hydrogen-bond donors (Lipinski definition) is 1. The normalized spacial score (nSPS) is 21.3. The predicted molar refractivity (Wildman–Crippen MR) is 141 cm³/mol. The van der Waals surface area contributed by atoms with E-state index in [1.807, 2.05) is 41.8 Å². The Balaban J connectivity index is 1.82. The number of carbonyl (C=O) groups excluding carboxylic acids is 3. The van der Waals surface area contributed by atoms with E-state index < -0.39 is 41.3 Å². The van der Waals surface area contributed by atoms with Crippen LogP contribution in [0.5, 0.6) is 0 Å². The molecule has 0 saturated heterocycles. The molecule has 0 fully saturated rings. The maximum absolute atomic E-state index is 14.4. The zero-order valence-corrected chi connectivity index (χ0v) is 21.5. The minimum atomic E-state index is -1.14. The van der Waals surface area contributed by atoms with Gasteiger partial charge in [-0.25, -0.2) is 9.18 Å². The van der Waals surface area contributed by atoms with E-state index >= 15 is 0 Å². The summed E-state index contributed by atoms with van der Waals surface area (Å²) in [5, 5.41) is 1.83. The average molecular weight is 533 g/mol. The fourth-order valence-electron chi connectivity index (χ4n) is 5.40. The van der Waals surface area contributed by atoms with E-state index in [9.17, 15) is 18.8 Å². The molecule has 9 heteroatoms. The Labute approximate surface area is 223 Å². The summed E-state index contributed by atoms with van der Waals surface area (Å²) in [6.45, 7) is 0. The molecule has 7 nitrogen and oxygen atoms in total. The van der Waals surface area contributed by atoms with Gasteiger partial charge in [-0.1, -0.05) is 42.5 Å². The number of ether oxygens (including phenoxy) is 2. The van der Waals surface area contributed by atoms with Crippen LogP contribution >= 0.6 is 11.3 Å². The van der Waals surface area contributed by atoms with Crippen LogP contribution in [0.4, 0.5) is 10.1 Å². The highest BCUT2D eigenvalue weighted by atomic mass is 32.1. The van der Waals surface area contributed by atoms with Gasteiger partial charge in [0.05, 0.1) is 31.4 Å². The number of benzene rings is 2. The summed E-state index contributed by atoms with van der Waals surface area (Å²) in [5.74, 6) is -4.90. The third-order valence-corrected chi connectivity index (χ3v) is 7.96. The van der Waals surface area contributed by atoms with Crippen molar-refractivity contribution in [2.24, 2.45) is 11.7 Å². The second-order valence-corrected chi connectivity index (χ2v) is 9.98. The first kappa shape index (κ1) is 25.4. The lowest BCUT2D eigenvalue weighted by Gasteiger charge is -2.43. The molecule has 194 valence electrons. The van der Waals surface area contributed by atoms with Gasteiger partial charge < -0.3 is 15.2 Å². The smallest absolute Gasteiger partial charge is 0.338 e. The van der Waals surface area contributed by atoms with Gasteiger partial charge in [0.15, 0.2) is 5.78 Å². The molecule has 0 saturated carbocycles. The molecule has 1 aliphatic carbocycles. The number of nitrogens with zero attached hydrogens (tertiary/aromatic N) is 1. The van der Waals surface area contributed by atoms with Crippen molar-refractivity contribution in [2.75, 3.05) is 19.1 Å². The highest BCUT2D eigenvalue weighted by molar-refractivity contribution is 7.10. The third-order valence-electron chi connectivity index (χ3n) is 7.02. The van der Waals surface area contributed by atoms with Crippen molar-refractivity contribution >= 4 is 34.7 Å². The quantitative estimate of drug-likeness (QED) is 0.378. The molecular formula is C29H25FN2O5S. The number of halogens is 1. The van der Waals surface area contributed by atoms with Crippen LogP contribution in [0.15, 0.2) is 94.8 Å². The second-order valence-electron chi connectivity index (χ2n) is 9.00. The highest BCUT2D eigenvalue weighted by Gasteiger charge is 2.51. The highest BCUT2D eigenvalue weighted by Crippen LogP contribution is 2.52. The summed E-state index contributed by atoms with van der Waals surface area (Å²) in [5.41, 5.74) is 8.60. The van der Waals surface area contributed by atoms with Crippen molar-refractivity contribution in [2.45, 2.75) is 18.3 Å². The lowest BCUT2D eigenvalue weighted by molar-refractivity contribution is -0.150. The number of allylic oxidation sites excluding steroid dienone is 2. The molecule has 0 amide bonds. The van der Waals surface area contributed by atoms with Gasteiger partial charge in [-0.3, -0.25) is 14.5 Å². The van der Waals surface area contributed by atoms with Crippen LogP contribution in [-0.4, -0.2) is 31.9 Å². The van der Waals surface area contributed by atoms with Crippen molar-refractivity contribution in [3.63, 3.8) is 0 Å². The molecule has 3 atom stereocenters. The van der Waals surface area contributed by atoms with Crippen LogP contribution in [0, 0.1) is 11.7 Å². The zero-order valence-electron chi connectivity index (χ0n) is 20.7. The number of Topliss-reactive ketones (excluding diaryl/α,β-unsaturated/α-hetero) is 1. The van der Waals surface area contributed by atoms with Crippen molar-refractivity contribution < 1.29 is 28.2 Å². The molecule has 0 spiro atoms. The number of thiophene rings is 1. The van der Waals surface area contributed by atoms with Crippen LogP contribution in [-0.2, 0) is 23.9 Å². The lowest BCUT2D eigenvalue weighted by atomic mass is 9.68. The Morgan fingerprint density at radius 2 is 1.79 bits per heavy atom. The summed E-state index contributed by atoms with van der Waals surface area (Å²) < 4.78 is 24.6. The van der Waals surface area contributed by atoms with Crippen molar-refractivity contribution in [3.05, 3.63) is 111 Å². The fourth-order valence-corrected chi connectivity index (χ4v) is 6.24. The largest absolute Gasteiger partial charge is 0.468 e. The van der Waals surface area contributed by atoms with Crippen LogP contribution in [0.3, 0.4) is 0 Å². The van der Waals surface area contributed by atoms with Gasteiger partial charge in [0.25, 0.3) is 0 Å². The summed E-state index contributed by atoms with van der Waals surface area (Å²) in [4.78, 5) is 42.9. The summed E-state index contributed by atoms with van der Waals surface area (Å²) in [7, 11) is 2.48. The first-order valence-electron chi connectivity index (χ1n) is 11.9. The molecule has 1 aliphatic heterocycles. The van der Waals surface area contributed by atoms with Crippen molar-refractivity contribution in [1.82, 2.24) is 0 Å². The minimum Gasteiger partial charge on any atom is -0.468 e. The van der Waals surface area contributed by atoms with E-state index in [4.69, 9.17) is 15.2 Å². The molecule has 38 heavy (non-hydrogen) atoms. The Kier molecular flexibility index (Phi) is 6.86.